The number of nitrogens with zero attached hydrogens (tertiary/aromatic N) is 5. The highest BCUT2D eigenvalue weighted by atomic mass is 35.5. The van der Waals surface area contributed by atoms with Crippen LogP contribution in [0.4, 0.5) is 13.6 Å². The second kappa shape index (κ2) is 11.3. The summed E-state index contributed by atoms with van der Waals surface area (Å²) in [5.41, 5.74) is 7.51. The summed E-state index contributed by atoms with van der Waals surface area (Å²) in [7, 11) is 0. The van der Waals surface area contributed by atoms with Gasteiger partial charge in [0.05, 0.1) is 21.7 Å². The van der Waals surface area contributed by atoms with Crippen molar-refractivity contribution < 1.29 is 23.8 Å². The number of aliphatic imine (C=N–C) groups is 1. The van der Waals surface area contributed by atoms with Crippen LogP contribution in [0.1, 0.15) is 55.8 Å². The van der Waals surface area contributed by atoms with Gasteiger partial charge in [-0.15, -0.1) is 0 Å². The van der Waals surface area contributed by atoms with Crippen LogP contribution in [0.2, 0.25) is 5.02 Å². The minimum Gasteiger partial charge on any atom is -0.463 e. The van der Waals surface area contributed by atoms with Crippen molar-refractivity contribution in [2.75, 3.05) is 0 Å². The first-order valence-electron chi connectivity index (χ1n) is 12.8. The molecule has 4 N–H and O–H groups in total. The van der Waals surface area contributed by atoms with Crippen LogP contribution in [0.3, 0.4) is 0 Å². The topological polar surface area (TPSA) is 140 Å². The van der Waals surface area contributed by atoms with Gasteiger partial charge in [0, 0.05) is 36.1 Å². The Morgan fingerprint density at radius 1 is 1.18 bits per heavy atom. The third-order valence-corrected chi connectivity index (χ3v) is 7.50. The van der Waals surface area contributed by atoms with Crippen molar-refractivity contribution in [1.82, 2.24) is 19.5 Å². The number of amidine groups is 1. The number of aliphatic hydroxyl groups excluding tert-OH is 1. The van der Waals surface area contributed by atoms with E-state index in [1.54, 1.807) is 10.6 Å². The third-order valence-electron chi connectivity index (χ3n) is 7.29. The lowest BCUT2D eigenvalue weighted by atomic mass is 9.83. The van der Waals surface area contributed by atoms with Crippen LogP contribution in [0, 0.1) is 23.5 Å². The van der Waals surface area contributed by atoms with E-state index < -0.39 is 23.8 Å². The number of aliphatic hydroxyl groups is 1. The number of halogens is 3. The number of amides is 1. The van der Waals surface area contributed by atoms with Crippen LogP contribution in [-0.4, -0.2) is 41.7 Å². The summed E-state index contributed by atoms with van der Waals surface area (Å²) >= 11 is 6.24. The number of imidazole rings is 1. The lowest BCUT2D eigenvalue weighted by Crippen LogP contribution is -2.21. The first kappa shape index (κ1) is 27.6. The Balaban J connectivity index is 1.77. The van der Waals surface area contributed by atoms with E-state index in [0.717, 1.165) is 31.7 Å². The number of hydrogen-bond acceptors (Lipinski definition) is 5. The second-order valence-corrected chi connectivity index (χ2v) is 10.6. The van der Waals surface area contributed by atoms with Gasteiger partial charge in [0.15, 0.2) is 5.84 Å². The number of benzene rings is 1. The molecule has 208 valence electrons. The van der Waals surface area contributed by atoms with E-state index in [4.69, 9.17) is 22.4 Å². The molecule has 1 aromatic carbocycles. The van der Waals surface area contributed by atoms with E-state index in [9.17, 15) is 18.7 Å². The molecule has 1 unspecified atom stereocenters. The number of carboxylic acid groups (broad SMARTS) is 1. The molecular weight excluding hydrogens is 542 g/mol. The average Bonchev–Trinajstić information content (AvgIpc) is 3.27. The molecule has 1 fully saturated rings. The fourth-order valence-corrected chi connectivity index (χ4v) is 5.41. The lowest BCUT2D eigenvalue weighted by Gasteiger charge is -2.28. The molecule has 9 nitrogen and oxygen atoms in total. The molecule has 0 aliphatic heterocycles. The molecule has 1 aliphatic carbocycles. The van der Waals surface area contributed by atoms with Crippen LogP contribution < -0.4 is 5.73 Å². The van der Waals surface area contributed by atoms with E-state index in [0.29, 0.717) is 45.8 Å². The van der Waals surface area contributed by atoms with Crippen LogP contribution in [-0.2, 0) is 6.54 Å². The minimum absolute atomic E-state index is 0.0371. The average molecular weight is 569 g/mol. The highest BCUT2D eigenvalue weighted by Gasteiger charge is 2.28. The van der Waals surface area contributed by atoms with Gasteiger partial charge in [-0.1, -0.05) is 37.4 Å². The Hall–Kier alpha value is -3.96. The quantitative estimate of drug-likeness (QED) is 0.200. The van der Waals surface area contributed by atoms with Crippen molar-refractivity contribution in [3.05, 3.63) is 76.5 Å². The Bertz CT molecular complexity index is 1620. The molecule has 40 heavy (non-hydrogen) atoms. The zero-order valence-corrected chi connectivity index (χ0v) is 22.3. The molecule has 0 bridgehead atoms. The van der Waals surface area contributed by atoms with Gasteiger partial charge < -0.3 is 20.5 Å². The van der Waals surface area contributed by atoms with Gasteiger partial charge in [-0.05, 0) is 42.9 Å². The number of pyridine rings is 2. The first-order chi connectivity index (χ1) is 19.1. The fraction of sp³-hybridized carbons (Fsp3) is 0.321. The van der Waals surface area contributed by atoms with Crippen molar-refractivity contribution in [1.29, 1.82) is 0 Å². The van der Waals surface area contributed by atoms with Gasteiger partial charge in [-0.3, -0.25) is 4.98 Å². The molecule has 1 aliphatic rings. The minimum atomic E-state index is -1.53. The summed E-state index contributed by atoms with van der Waals surface area (Å²) < 4.78 is 30.3. The molecule has 1 atom stereocenters. The molecule has 0 radical (unpaired) electrons. The largest absolute Gasteiger partial charge is 0.463 e. The zero-order chi connectivity index (χ0) is 28.6. The summed E-state index contributed by atoms with van der Waals surface area (Å²) in [6.07, 6.45) is 3.99. The summed E-state index contributed by atoms with van der Waals surface area (Å²) in [6.45, 7) is 2.67. The van der Waals surface area contributed by atoms with E-state index >= 15 is 0 Å². The lowest BCUT2D eigenvalue weighted by molar-refractivity contribution is 0.193. The molecule has 12 heteroatoms. The number of carbonyl (C=O) groups is 1. The molecule has 1 amide bonds. The number of aromatic nitrogens is 4. The van der Waals surface area contributed by atoms with E-state index in [1.165, 1.54) is 24.5 Å². The van der Waals surface area contributed by atoms with E-state index in [-0.39, 0.29) is 28.8 Å². The van der Waals surface area contributed by atoms with Crippen molar-refractivity contribution in [3.63, 3.8) is 0 Å². The summed E-state index contributed by atoms with van der Waals surface area (Å²) in [5.74, 6) is -1.04. The number of hydrogen-bond donors (Lipinski definition) is 3. The predicted octanol–water partition coefficient (Wildman–Crippen LogP) is 5.72. The maximum Gasteiger partial charge on any atom is 0.433 e. The molecule has 3 heterocycles. The molecular formula is C28H27ClF2N6O3. The molecule has 1 saturated carbocycles. The van der Waals surface area contributed by atoms with Gasteiger partial charge >= 0.3 is 6.09 Å². The Labute approximate surface area is 233 Å². The van der Waals surface area contributed by atoms with Gasteiger partial charge in [0.2, 0.25) is 0 Å². The van der Waals surface area contributed by atoms with Crippen molar-refractivity contribution >= 4 is 34.6 Å². The normalized spacial score (nSPS) is 18.7. The number of nitrogens with two attached hydrogens (primary N) is 1. The van der Waals surface area contributed by atoms with Gasteiger partial charge in [0.1, 0.15) is 29.3 Å². The van der Waals surface area contributed by atoms with Crippen LogP contribution in [0.25, 0.3) is 22.3 Å². The third kappa shape index (κ3) is 5.66. The maximum atomic E-state index is 14.8. The van der Waals surface area contributed by atoms with Crippen molar-refractivity contribution in [2.24, 2.45) is 22.6 Å². The second-order valence-electron chi connectivity index (χ2n) is 10.2. The maximum absolute atomic E-state index is 14.8. The predicted molar refractivity (Wildman–Crippen MR) is 146 cm³/mol. The van der Waals surface area contributed by atoms with Crippen LogP contribution >= 0.6 is 11.6 Å². The van der Waals surface area contributed by atoms with E-state index in [1.807, 2.05) is 0 Å². The van der Waals surface area contributed by atoms with Gasteiger partial charge in [-0.25, -0.2) is 23.5 Å². The summed E-state index contributed by atoms with van der Waals surface area (Å²) in [5, 5.41) is 20.9. The van der Waals surface area contributed by atoms with Crippen molar-refractivity contribution in [3.8, 4) is 11.3 Å². The van der Waals surface area contributed by atoms with Gasteiger partial charge in [-0.2, -0.15) is 4.99 Å². The standard InChI is InChI=1S/C28H27ClF2N6O3/c1-14-2-4-15(5-3-14)13-37-24-21(35-27(37)25(38)19-7-6-18(30)9-20(19)31)10-22(26(32)36-28(39)40)34-23(24)16-8-17(29)12-33-11-16/h6-12,14-15,25,38H,2-5,13H2,1H3,(H2,32,36)(H,39,40). The van der Waals surface area contributed by atoms with Crippen molar-refractivity contribution in [2.45, 2.75) is 45.3 Å². The monoisotopic (exact) mass is 568 g/mol. The molecule has 5 rings (SSSR count). The van der Waals surface area contributed by atoms with Crippen LogP contribution in [0.15, 0.2) is 47.7 Å². The number of rotatable bonds is 6. The molecule has 0 saturated heterocycles. The molecule has 4 aromatic rings. The Morgan fingerprint density at radius 2 is 1.93 bits per heavy atom. The van der Waals surface area contributed by atoms with Gasteiger partial charge in [0.25, 0.3) is 0 Å². The van der Waals surface area contributed by atoms with Crippen LogP contribution in [0.5, 0.6) is 0 Å². The zero-order valence-electron chi connectivity index (χ0n) is 21.6. The highest BCUT2D eigenvalue weighted by Crippen LogP contribution is 2.36. The fourth-order valence-electron chi connectivity index (χ4n) is 5.23. The Kier molecular flexibility index (Phi) is 7.77. The van der Waals surface area contributed by atoms with E-state index in [2.05, 4.69) is 26.9 Å². The SMILES string of the molecule is CC1CCC(Cn2c(C(O)c3ccc(F)cc3F)nc3cc(C(N)=NC(=O)O)nc(-c4cncc(Cl)c4)c32)CC1. The summed E-state index contributed by atoms with van der Waals surface area (Å²) in [6, 6.07) is 6.07. The first-order valence-corrected chi connectivity index (χ1v) is 13.2. The molecule has 3 aromatic heterocycles. The summed E-state index contributed by atoms with van der Waals surface area (Å²) in [4.78, 5) is 28.0. The molecule has 0 spiro atoms. The smallest absolute Gasteiger partial charge is 0.433 e. The Morgan fingerprint density at radius 3 is 2.60 bits per heavy atom. The highest BCUT2D eigenvalue weighted by molar-refractivity contribution is 6.30. The number of fused-ring (bicyclic) bond motifs is 1.